The van der Waals surface area contributed by atoms with E-state index in [9.17, 15) is 13.2 Å². The zero-order valence-corrected chi connectivity index (χ0v) is 6.09. The van der Waals surface area contributed by atoms with Crippen molar-refractivity contribution in [3.8, 4) is 5.88 Å². The summed E-state index contributed by atoms with van der Waals surface area (Å²) >= 11 is 0. The fourth-order valence-electron chi connectivity index (χ4n) is 0.669. The molecule has 1 heterocycles. The summed E-state index contributed by atoms with van der Waals surface area (Å²) in [6.45, 7) is 0. The van der Waals surface area contributed by atoms with Crippen molar-refractivity contribution in [2.24, 2.45) is 0 Å². The van der Waals surface area contributed by atoms with Gasteiger partial charge in [-0.2, -0.15) is 13.2 Å². The molecule has 1 aromatic heterocycles. The molecule has 0 saturated carbocycles. The van der Waals surface area contributed by atoms with Gasteiger partial charge >= 0.3 is 6.18 Å². The first-order chi connectivity index (χ1) is 5.55. The van der Waals surface area contributed by atoms with E-state index in [0.717, 1.165) is 19.5 Å². The number of aromatic nitrogens is 2. The molecule has 0 aliphatic carbocycles. The third-order valence-electron chi connectivity index (χ3n) is 1.13. The van der Waals surface area contributed by atoms with E-state index in [0.29, 0.717) is 0 Å². The van der Waals surface area contributed by atoms with Crippen molar-refractivity contribution in [1.82, 2.24) is 9.97 Å². The standard InChI is InChI=1S/C6H5F3N2O/c1-12-5-4(6(7,8)9)10-2-3-11-5/h2-3H,1H3. The Balaban J connectivity index is 3.14. The second-order valence-electron chi connectivity index (χ2n) is 1.91. The Morgan fingerprint density at radius 2 is 1.83 bits per heavy atom. The van der Waals surface area contributed by atoms with Crippen LogP contribution < -0.4 is 4.74 Å². The summed E-state index contributed by atoms with van der Waals surface area (Å²) in [6, 6.07) is 0. The quantitative estimate of drug-likeness (QED) is 0.653. The maximum absolute atomic E-state index is 12.1. The van der Waals surface area contributed by atoms with Gasteiger partial charge in [0.25, 0.3) is 0 Å². The van der Waals surface area contributed by atoms with Gasteiger partial charge in [0.2, 0.25) is 11.6 Å². The van der Waals surface area contributed by atoms with Crippen molar-refractivity contribution in [3.05, 3.63) is 18.1 Å². The van der Waals surface area contributed by atoms with Gasteiger partial charge in [0.05, 0.1) is 7.11 Å². The van der Waals surface area contributed by atoms with Crippen LogP contribution >= 0.6 is 0 Å². The van der Waals surface area contributed by atoms with Crippen LogP contribution in [-0.2, 0) is 6.18 Å². The largest absolute Gasteiger partial charge is 0.479 e. The Hall–Kier alpha value is -1.33. The first-order valence-electron chi connectivity index (χ1n) is 2.98. The molecule has 0 fully saturated rings. The van der Waals surface area contributed by atoms with Crippen molar-refractivity contribution in [3.63, 3.8) is 0 Å². The van der Waals surface area contributed by atoms with Gasteiger partial charge in [0, 0.05) is 12.4 Å². The Labute approximate surface area is 66.2 Å². The van der Waals surface area contributed by atoms with Crippen LogP contribution in [0.3, 0.4) is 0 Å². The highest BCUT2D eigenvalue weighted by Gasteiger charge is 2.36. The number of alkyl halides is 3. The van der Waals surface area contributed by atoms with E-state index in [2.05, 4.69) is 14.7 Å². The summed E-state index contributed by atoms with van der Waals surface area (Å²) < 4.78 is 40.5. The van der Waals surface area contributed by atoms with Crippen LogP contribution in [0.2, 0.25) is 0 Å². The van der Waals surface area contributed by atoms with Crippen molar-refractivity contribution in [2.45, 2.75) is 6.18 Å². The molecule has 0 aliphatic heterocycles. The predicted octanol–water partition coefficient (Wildman–Crippen LogP) is 1.50. The third-order valence-corrected chi connectivity index (χ3v) is 1.13. The highest BCUT2D eigenvalue weighted by molar-refractivity contribution is 5.19. The second-order valence-corrected chi connectivity index (χ2v) is 1.91. The predicted molar refractivity (Wildman–Crippen MR) is 33.6 cm³/mol. The molecule has 0 aromatic carbocycles. The van der Waals surface area contributed by atoms with Gasteiger partial charge in [0.15, 0.2) is 0 Å². The Kier molecular flexibility index (Phi) is 2.16. The van der Waals surface area contributed by atoms with Gasteiger partial charge in [-0.15, -0.1) is 0 Å². The summed E-state index contributed by atoms with van der Waals surface area (Å²) in [7, 11) is 1.11. The van der Waals surface area contributed by atoms with E-state index < -0.39 is 17.8 Å². The van der Waals surface area contributed by atoms with Crippen molar-refractivity contribution in [1.29, 1.82) is 0 Å². The minimum atomic E-state index is -4.51. The van der Waals surface area contributed by atoms with Crippen LogP contribution in [-0.4, -0.2) is 17.1 Å². The van der Waals surface area contributed by atoms with Gasteiger partial charge in [0.1, 0.15) is 0 Å². The number of nitrogens with zero attached hydrogens (tertiary/aromatic N) is 2. The van der Waals surface area contributed by atoms with E-state index in [1.807, 2.05) is 0 Å². The minimum absolute atomic E-state index is 0.509. The van der Waals surface area contributed by atoms with Crippen LogP contribution in [0.5, 0.6) is 5.88 Å². The molecule has 0 atom stereocenters. The van der Waals surface area contributed by atoms with Gasteiger partial charge in [-0.25, -0.2) is 9.97 Å². The van der Waals surface area contributed by atoms with Crippen LogP contribution in [0.15, 0.2) is 12.4 Å². The molecular weight excluding hydrogens is 173 g/mol. The van der Waals surface area contributed by atoms with Gasteiger partial charge < -0.3 is 4.74 Å². The fourth-order valence-corrected chi connectivity index (χ4v) is 0.669. The molecule has 1 rings (SSSR count). The van der Waals surface area contributed by atoms with Gasteiger partial charge in [-0.3, -0.25) is 0 Å². The topological polar surface area (TPSA) is 35.0 Å². The molecular formula is C6H5F3N2O. The molecule has 6 heteroatoms. The van der Waals surface area contributed by atoms with Crippen LogP contribution in [0.4, 0.5) is 13.2 Å². The maximum atomic E-state index is 12.1. The molecule has 0 bridgehead atoms. The minimum Gasteiger partial charge on any atom is -0.479 e. The summed E-state index contributed by atoms with van der Waals surface area (Å²) in [5.74, 6) is -0.509. The number of rotatable bonds is 1. The lowest BCUT2D eigenvalue weighted by atomic mass is 10.4. The van der Waals surface area contributed by atoms with E-state index in [1.54, 1.807) is 0 Å². The smallest absolute Gasteiger partial charge is 0.438 e. The van der Waals surface area contributed by atoms with Crippen LogP contribution in [0.25, 0.3) is 0 Å². The molecule has 1 aromatic rings. The first kappa shape index (κ1) is 8.76. The Bertz CT molecular complexity index is 274. The van der Waals surface area contributed by atoms with E-state index >= 15 is 0 Å². The average Bonchev–Trinajstić information content (AvgIpc) is 2.03. The highest BCUT2D eigenvalue weighted by atomic mass is 19.4. The number of hydrogen-bond acceptors (Lipinski definition) is 3. The lowest BCUT2D eigenvalue weighted by molar-refractivity contribution is -0.142. The van der Waals surface area contributed by atoms with Gasteiger partial charge in [-0.1, -0.05) is 0 Å². The van der Waals surface area contributed by atoms with E-state index in [1.165, 1.54) is 0 Å². The molecule has 3 nitrogen and oxygen atoms in total. The molecule has 0 spiro atoms. The van der Waals surface area contributed by atoms with E-state index in [-0.39, 0.29) is 0 Å². The van der Waals surface area contributed by atoms with Crippen molar-refractivity contribution < 1.29 is 17.9 Å². The number of ether oxygens (including phenoxy) is 1. The number of hydrogen-bond donors (Lipinski definition) is 0. The molecule has 0 N–H and O–H groups in total. The first-order valence-corrected chi connectivity index (χ1v) is 2.98. The maximum Gasteiger partial charge on any atom is 0.438 e. The summed E-state index contributed by atoms with van der Waals surface area (Å²) in [4.78, 5) is 6.47. The molecule has 0 amide bonds. The molecule has 12 heavy (non-hydrogen) atoms. The molecule has 0 unspecified atom stereocenters. The Morgan fingerprint density at radius 3 is 2.25 bits per heavy atom. The summed E-state index contributed by atoms with van der Waals surface area (Å²) in [5, 5.41) is 0. The highest BCUT2D eigenvalue weighted by Crippen LogP contribution is 2.32. The fraction of sp³-hybridized carbons (Fsp3) is 0.333. The van der Waals surface area contributed by atoms with Crippen LogP contribution in [0, 0.1) is 0 Å². The lowest BCUT2D eigenvalue weighted by Gasteiger charge is -2.07. The monoisotopic (exact) mass is 178 g/mol. The van der Waals surface area contributed by atoms with Crippen molar-refractivity contribution >= 4 is 0 Å². The van der Waals surface area contributed by atoms with Gasteiger partial charge in [-0.05, 0) is 0 Å². The molecule has 0 aliphatic rings. The average molecular weight is 178 g/mol. The summed E-state index contributed by atoms with van der Waals surface area (Å²) in [6.07, 6.45) is -2.42. The Morgan fingerprint density at radius 1 is 1.25 bits per heavy atom. The number of methoxy groups -OCH3 is 1. The summed E-state index contributed by atoms with van der Waals surface area (Å²) in [5.41, 5.74) is -1.10. The number of halogens is 3. The lowest BCUT2D eigenvalue weighted by Crippen LogP contribution is -2.10. The normalized spacial score (nSPS) is 11.3. The van der Waals surface area contributed by atoms with Crippen molar-refractivity contribution in [2.75, 3.05) is 7.11 Å². The zero-order valence-electron chi connectivity index (χ0n) is 6.09. The van der Waals surface area contributed by atoms with E-state index in [4.69, 9.17) is 0 Å². The zero-order chi connectivity index (χ0) is 9.19. The molecule has 0 saturated heterocycles. The second kappa shape index (κ2) is 2.96. The third kappa shape index (κ3) is 1.63. The van der Waals surface area contributed by atoms with Crippen LogP contribution in [0.1, 0.15) is 5.69 Å². The SMILES string of the molecule is COc1nccnc1C(F)(F)F. The molecule has 66 valence electrons. The molecule has 0 radical (unpaired) electrons.